The van der Waals surface area contributed by atoms with Gasteiger partial charge in [0.25, 0.3) is 5.91 Å². The van der Waals surface area contributed by atoms with Crippen LogP contribution >= 0.6 is 11.6 Å². The van der Waals surface area contributed by atoms with Gasteiger partial charge in [0.05, 0.1) is 16.4 Å². The van der Waals surface area contributed by atoms with E-state index in [-0.39, 0.29) is 23.0 Å². The Morgan fingerprint density at radius 1 is 1.22 bits per heavy atom. The first-order valence-corrected chi connectivity index (χ1v) is 9.15. The first kappa shape index (κ1) is 20.8. The van der Waals surface area contributed by atoms with Crippen molar-refractivity contribution in [3.05, 3.63) is 40.4 Å². The minimum absolute atomic E-state index is 0.0308. The first-order valence-electron chi connectivity index (χ1n) is 8.78. The van der Waals surface area contributed by atoms with Gasteiger partial charge in [-0.1, -0.05) is 36.1 Å². The molecule has 1 aromatic heterocycles. The quantitative estimate of drug-likeness (QED) is 0.599. The molecule has 0 aliphatic rings. The molecule has 27 heavy (non-hydrogen) atoms. The largest absolute Gasteiger partial charge is 0.481 e. The predicted octanol–water partition coefficient (Wildman–Crippen LogP) is 3.52. The van der Waals surface area contributed by atoms with Crippen molar-refractivity contribution in [2.24, 2.45) is 0 Å². The fourth-order valence-electron chi connectivity index (χ4n) is 2.62. The molecule has 0 aliphatic heterocycles. The lowest BCUT2D eigenvalue weighted by Gasteiger charge is -2.06. The highest BCUT2D eigenvalue weighted by Gasteiger charge is 2.17. The van der Waals surface area contributed by atoms with E-state index in [1.807, 2.05) is 0 Å². The molecule has 0 fully saturated rings. The van der Waals surface area contributed by atoms with E-state index in [0.29, 0.717) is 24.3 Å². The number of carbonyl (C=O) groups is 2. The summed E-state index contributed by atoms with van der Waals surface area (Å²) in [6, 6.07) is 4.16. The molecular weight excluding hydrogens is 375 g/mol. The van der Waals surface area contributed by atoms with Crippen molar-refractivity contribution in [1.82, 2.24) is 20.3 Å². The van der Waals surface area contributed by atoms with E-state index in [1.165, 1.54) is 22.9 Å². The van der Waals surface area contributed by atoms with E-state index in [9.17, 15) is 14.0 Å². The van der Waals surface area contributed by atoms with Crippen molar-refractivity contribution in [2.45, 2.75) is 45.4 Å². The number of benzene rings is 1. The second-order valence-corrected chi connectivity index (χ2v) is 6.61. The summed E-state index contributed by atoms with van der Waals surface area (Å²) in [5, 5.41) is 19.2. The molecule has 0 saturated carbocycles. The molecule has 0 unspecified atom stereocenters. The summed E-state index contributed by atoms with van der Waals surface area (Å²) in [5.41, 5.74) is 1.26. The van der Waals surface area contributed by atoms with Crippen LogP contribution in [0.2, 0.25) is 5.02 Å². The monoisotopic (exact) mass is 396 g/mol. The number of carbonyl (C=O) groups excluding carboxylic acids is 1. The highest BCUT2D eigenvalue weighted by molar-refractivity contribution is 6.30. The van der Waals surface area contributed by atoms with E-state index in [1.54, 1.807) is 6.92 Å². The number of carboxylic acids is 1. The average molecular weight is 397 g/mol. The molecule has 1 aromatic carbocycles. The van der Waals surface area contributed by atoms with Crippen molar-refractivity contribution in [2.75, 3.05) is 6.54 Å². The summed E-state index contributed by atoms with van der Waals surface area (Å²) in [5.74, 6) is -1.62. The van der Waals surface area contributed by atoms with Crippen molar-refractivity contribution >= 4 is 23.5 Å². The van der Waals surface area contributed by atoms with Crippen LogP contribution in [0.3, 0.4) is 0 Å². The van der Waals surface area contributed by atoms with Crippen LogP contribution < -0.4 is 5.32 Å². The Morgan fingerprint density at radius 3 is 2.63 bits per heavy atom. The van der Waals surface area contributed by atoms with Gasteiger partial charge < -0.3 is 10.4 Å². The fraction of sp³-hybridized carbons (Fsp3) is 0.444. The van der Waals surface area contributed by atoms with E-state index in [4.69, 9.17) is 16.7 Å². The summed E-state index contributed by atoms with van der Waals surface area (Å²) in [7, 11) is 0. The van der Waals surface area contributed by atoms with Crippen LogP contribution in [0.15, 0.2) is 18.2 Å². The molecular formula is C18H22ClFN4O3. The highest BCUT2D eigenvalue weighted by Crippen LogP contribution is 2.20. The van der Waals surface area contributed by atoms with Crippen molar-refractivity contribution < 1.29 is 19.1 Å². The number of carboxylic acid groups (broad SMARTS) is 1. The van der Waals surface area contributed by atoms with Crippen LogP contribution in [0.1, 0.15) is 54.7 Å². The molecule has 0 spiro atoms. The Morgan fingerprint density at radius 2 is 1.93 bits per heavy atom. The van der Waals surface area contributed by atoms with Gasteiger partial charge in [0.1, 0.15) is 5.82 Å². The number of aliphatic carboxylic acids is 1. The Bertz CT molecular complexity index is 810. The summed E-state index contributed by atoms with van der Waals surface area (Å²) in [4.78, 5) is 22.7. The number of hydrogen-bond donors (Lipinski definition) is 2. The van der Waals surface area contributed by atoms with Gasteiger partial charge in [0, 0.05) is 13.0 Å². The maximum absolute atomic E-state index is 13.3. The fourth-order valence-corrected chi connectivity index (χ4v) is 2.79. The Labute approximate surface area is 161 Å². The Kier molecular flexibility index (Phi) is 7.72. The normalized spacial score (nSPS) is 10.8. The lowest BCUT2D eigenvalue weighted by molar-refractivity contribution is -0.137. The molecule has 9 heteroatoms. The SMILES string of the molecule is Cc1c(C(=O)NCCCCCCCC(=O)O)nnn1-c1ccc(F)c(Cl)c1. The third-order valence-corrected chi connectivity index (χ3v) is 4.40. The molecule has 1 amide bonds. The number of nitrogens with zero attached hydrogens (tertiary/aromatic N) is 3. The standard InChI is InChI=1S/C18H22ClFN4O3/c1-12-17(18(27)21-10-6-4-2-3-5-7-16(25)26)22-23-24(12)13-8-9-15(20)14(19)11-13/h8-9,11H,2-7,10H2,1H3,(H,21,27)(H,25,26). The topological polar surface area (TPSA) is 97.1 Å². The second kappa shape index (κ2) is 10.0. The second-order valence-electron chi connectivity index (χ2n) is 6.20. The third-order valence-electron chi connectivity index (χ3n) is 4.11. The van der Waals surface area contributed by atoms with E-state index in [0.717, 1.165) is 25.7 Å². The maximum Gasteiger partial charge on any atom is 0.303 e. The van der Waals surface area contributed by atoms with E-state index >= 15 is 0 Å². The Balaban J connectivity index is 1.81. The average Bonchev–Trinajstić information content (AvgIpc) is 3.01. The number of unbranched alkanes of at least 4 members (excludes halogenated alkanes) is 4. The van der Waals surface area contributed by atoms with Gasteiger partial charge in [-0.2, -0.15) is 0 Å². The van der Waals surface area contributed by atoms with Crippen LogP contribution in [-0.4, -0.2) is 38.5 Å². The number of hydrogen-bond acceptors (Lipinski definition) is 4. The first-order chi connectivity index (χ1) is 12.9. The molecule has 0 atom stereocenters. The maximum atomic E-state index is 13.3. The number of amides is 1. The molecule has 0 saturated heterocycles. The molecule has 2 N–H and O–H groups in total. The van der Waals surface area contributed by atoms with E-state index < -0.39 is 11.8 Å². The smallest absolute Gasteiger partial charge is 0.303 e. The minimum Gasteiger partial charge on any atom is -0.481 e. The lowest BCUT2D eigenvalue weighted by atomic mass is 10.1. The molecule has 7 nitrogen and oxygen atoms in total. The van der Waals surface area contributed by atoms with Crippen LogP contribution in [0.25, 0.3) is 5.69 Å². The third kappa shape index (κ3) is 6.02. The lowest BCUT2D eigenvalue weighted by Crippen LogP contribution is -2.25. The predicted molar refractivity (Wildman–Crippen MR) is 98.7 cm³/mol. The molecule has 0 bridgehead atoms. The summed E-state index contributed by atoms with van der Waals surface area (Å²) >= 11 is 5.79. The van der Waals surface area contributed by atoms with Gasteiger partial charge in [-0.25, -0.2) is 9.07 Å². The Hall–Kier alpha value is -2.48. The number of nitrogens with one attached hydrogen (secondary N) is 1. The zero-order valence-corrected chi connectivity index (χ0v) is 15.8. The van der Waals surface area contributed by atoms with Crippen LogP contribution in [-0.2, 0) is 4.79 Å². The molecule has 1 heterocycles. The molecule has 0 aliphatic carbocycles. The van der Waals surface area contributed by atoms with Gasteiger partial charge in [0.15, 0.2) is 5.69 Å². The number of halogens is 2. The van der Waals surface area contributed by atoms with Crippen molar-refractivity contribution in [1.29, 1.82) is 0 Å². The van der Waals surface area contributed by atoms with Crippen LogP contribution in [0.5, 0.6) is 0 Å². The molecule has 146 valence electrons. The molecule has 2 aromatic rings. The number of rotatable bonds is 10. The summed E-state index contributed by atoms with van der Waals surface area (Å²) < 4.78 is 14.7. The van der Waals surface area contributed by atoms with E-state index in [2.05, 4.69) is 15.6 Å². The van der Waals surface area contributed by atoms with Crippen molar-refractivity contribution in [3.8, 4) is 5.69 Å². The van der Waals surface area contributed by atoms with Gasteiger partial charge in [-0.3, -0.25) is 9.59 Å². The zero-order chi connectivity index (χ0) is 19.8. The minimum atomic E-state index is -0.770. The van der Waals surface area contributed by atoms with Crippen molar-refractivity contribution in [3.63, 3.8) is 0 Å². The number of aromatic nitrogens is 3. The molecule has 0 radical (unpaired) electrons. The summed E-state index contributed by atoms with van der Waals surface area (Å²) in [6.45, 7) is 2.21. The van der Waals surface area contributed by atoms with Gasteiger partial charge >= 0.3 is 5.97 Å². The zero-order valence-electron chi connectivity index (χ0n) is 15.0. The van der Waals surface area contributed by atoms with Gasteiger partial charge in [0.2, 0.25) is 0 Å². The van der Waals surface area contributed by atoms with Gasteiger partial charge in [-0.15, -0.1) is 5.10 Å². The van der Waals surface area contributed by atoms with Gasteiger partial charge in [-0.05, 0) is 38.0 Å². The summed E-state index contributed by atoms with van der Waals surface area (Å²) in [6.07, 6.45) is 4.40. The van der Waals surface area contributed by atoms with Crippen LogP contribution in [0, 0.1) is 12.7 Å². The van der Waals surface area contributed by atoms with Crippen LogP contribution in [0.4, 0.5) is 4.39 Å². The highest BCUT2D eigenvalue weighted by atomic mass is 35.5. The molecule has 2 rings (SSSR count).